The highest BCUT2D eigenvalue weighted by molar-refractivity contribution is 14.1. The van der Waals surface area contributed by atoms with Gasteiger partial charge in [-0.3, -0.25) is 0 Å². The molecule has 0 amide bonds. The van der Waals surface area contributed by atoms with Crippen molar-refractivity contribution in [3.8, 4) is 0 Å². The maximum absolute atomic E-state index is 5.32. The highest BCUT2D eigenvalue weighted by atomic mass is 127. The molecule has 0 unspecified atom stereocenters. The smallest absolute Gasteiger partial charge is 0.174 e. The second-order valence-electron chi connectivity index (χ2n) is 2.32. The SMILES string of the molecule is CC(C)OCc1nsc(I)n1. The van der Waals surface area contributed by atoms with Crippen LogP contribution in [0.15, 0.2) is 0 Å². The number of hydrogen-bond donors (Lipinski definition) is 0. The van der Waals surface area contributed by atoms with Gasteiger partial charge in [0.1, 0.15) is 6.61 Å². The Morgan fingerprint density at radius 2 is 2.36 bits per heavy atom. The van der Waals surface area contributed by atoms with E-state index in [0.717, 1.165) is 8.84 Å². The summed E-state index contributed by atoms with van der Waals surface area (Å²) in [6.45, 7) is 4.52. The highest BCUT2D eigenvalue weighted by Crippen LogP contribution is 2.08. The van der Waals surface area contributed by atoms with E-state index in [2.05, 4.69) is 31.9 Å². The quantitative estimate of drug-likeness (QED) is 0.797. The monoisotopic (exact) mass is 284 g/mol. The first-order valence-corrected chi connectivity index (χ1v) is 5.13. The number of ether oxygens (including phenoxy) is 1. The van der Waals surface area contributed by atoms with Crippen molar-refractivity contribution in [3.63, 3.8) is 0 Å². The van der Waals surface area contributed by atoms with Gasteiger partial charge >= 0.3 is 0 Å². The van der Waals surface area contributed by atoms with Gasteiger partial charge in [-0.1, -0.05) is 0 Å². The van der Waals surface area contributed by atoms with Crippen molar-refractivity contribution in [1.29, 1.82) is 0 Å². The normalized spacial score (nSPS) is 10.9. The maximum Gasteiger partial charge on any atom is 0.174 e. The summed E-state index contributed by atoms with van der Waals surface area (Å²) in [6.07, 6.45) is 0.246. The van der Waals surface area contributed by atoms with Crippen molar-refractivity contribution in [3.05, 3.63) is 8.84 Å². The highest BCUT2D eigenvalue weighted by Gasteiger charge is 2.01. The van der Waals surface area contributed by atoms with Gasteiger partial charge < -0.3 is 4.74 Å². The third kappa shape index (κ3) is 3.44. The van der Waals surface area contributed by atoms with Crippen molar-refractivity contribution in [1.82, 2.24) is 9.36 Å². The van der Waals surface area contributed by atoms with Crippen molar-refractivity contribution < 1.29 is 4.74 Å². The molecule has 0 aliphatic rings. The molecule has 1 aromatic heterocycles. The fourth-order valence-electron chi connectivity index (χ4n) is 0.532. The van der Waals surface area contributed by atoms with Crippen LogP contribution < -0.4 is 0 Å². The van der Waals surface area contributed by atoms with E-state index in [4.69, 9.17) is 4.74 Å². The van der Waals surface area contributed by atoms with E-state index in [1.165, 1.54) is 11.5 Å². The molecule has 62 valence electrons. The van der Waals surface area contributed by atoms with Crippen LogP contribution in [-0.4, -0.2) is 15.5 Å². The number of halogens is 1. The van der Waals surface area contributed by atoms with Gasteiger partial charge in [0.15, 0.2) is 8.84 Å². The lowest BCUT2D eigenvalue weighted by Gasteiger charge is -2.02. The van der Waals surface area contributed by atoms with Gasteiger partial charge in [-0.15, -0.1) is 0 Å². The van der Waals surface area contributed by atoms with E-state index < -0.39 is 0 Å². The third-order valence-corrected chi connectivity index (χ3v) is 2.37. The van der Waals surface area contributed by atoms with Gasteiger partial charge in [0, 0.05) is 0 Å². The average molecular weight is 284 g/mol. The van der Waals surface area contributed by atoms with Crippen LogP contribution in [0.3, 0.4) is 0 Å². The Bertz CT molecular complexity index is 226. The van der Waals surface area contributed by atoms with Crippen LogP contribution in [0.4, 0.5) is 0 Å². The van der Waals surface area contributed by atoms with Gasteiger partial charge in [0.05, 0.1) is 6.10 Å². The molecule has 0 spiro atoms. The largest absolute Gasteiger partial charge is 0.371 e. The molecule has 5 heteroatoms. The van der Waals surface area contributed by atoms with Crippen LogP contribution >= 0.6 is 34.1 Å². The number of nitrogens with zero attached hydrogens (tertiary/aromatic N) is 2. The molecule has 0 saturated heterocycles. The molecule has 0 bridgehead atoms. The summed E-state index contributed by atoms with van der Waals surface area (Å²) >= 11 is 3.55. The van der Waals surface area contributed by atoms with Gasteiger partial charge in [0.25, 0.3) is 0 Å². The van der Waals surface area contributed by atoms with Crippen LogP contribution in [0.1, 0.15) is 19.7 Å². The van der Waals surface area contributed by atoms with E-state index in [9.17, 15) is 0 Å². The van der Waals surface area contributed by atoms with Crippen molar-refractivity contribution in [2.75, 3.05) is 0 Å². The second kappa shape index (κ2) is 4.32. The Morgan fingerprint density at radius 3 is 2.82 bits per heavy atom. The fourth-order valence-corrected chi connectivity index (χ4v) is 1.53. The van der Waals surface area contributed by atoms with Crippen molar-refractivity contribution >= 4 is 34.1 Å². The van der Waals surface area contributed by atoms with Crippen molar-refractivity contribution in [2.24, 2.45) is 0 Å². The minimum atomic E-state index is 0.246. The lowest BCUT2D eigenvalue weighted by atomic mass is 10.5. The zero-order chi connectivity index (χ0) is 8.27. The molecule has 0 radical (unpaired) electrons. The lowest BCUT2D eigenvalue weighted by molar-refractivity contribution is 0.0618. The molecule has 1 heterocycles. The predicted octanol–water partition coefficient (Wildman–Crippen LogP) is 2.07. The van der Waals surface area contributed by atoms with Crippen LogP contribution in [0.5, 0.6) is 0 Å². The Balaban J connectivity index is 2.39. The van der Waals surface area contributed by atoms with Crippen LogP contribution in [0.25, 0.3) is 0 Å². The average Bonchev–Trinajstić information content (AvgIpc) is 2.31. The summed E-state index contributed by atoms with van der Waals surface area (Å²) < 4.78 is 10.4. The molecule has 1 rings (SSSR count). The molecule has 0 saturated carbocycles. The van der Waals surface area contributed by atoms with E-state index in [1.54, 1.807) is 0 Å². The van der Waals surface area contributed by atoms with E-state index >= 15 is 0 Å². The number of aromatic nitrogens is 2. The first-order chi connectivity index (χ1) is 5.18. The zero-order valence-electron chi connectivity index (χ0n) is 6.37. The van der Waals surface area contributed by atoms with E-state index in [0.29, 0.717) is 6.61 Å². The molecule has 1 aromatic rings. The van der Waals surface area contributed by atoms with Crippen LogP contribution in [0.2, 0.25) is 0 Å². The lowest BCUT2D eigenvalue weighted by Crippen LogP contribution is -2.03. The minimum absolute atomic E-state index is 0.246. The van der Waals surface area contributed by atoms with Gasteiger partial charge in [-0.25, -0.2) is 4.98 Å². The maximum atomic E-state index is 5.32. The molecule has 0 aromatic carbocycles. The Labute approximate surface area is 83.5 Å². The Kier molecular flexibility index (Phi) is 3.67. The summed E-state index contributed by atoms with van der Waals surface area (Å²) in [5.74, 6) is 0.785. The molecule has 0 aliphatic carbocycles. The molecular weight excluding hydrogens is 275 g/mol. The summed E-state index contributed by atoms with van der Waals surface area (Å²) in [5, 5.41) is 0. The Hall–Kier alpha value is 0.250. The first-order valence-electron chi connectivity index (χ1n) is 3.28. The molecular formula is C6H9IN2OS. The summed E-state index contributed by atoms with van der Waals surface area (Å²) in [5.41, 5.74) is 0. The minimum Gasteiger partial charge on any atom is -0.371 e. The molecule has 0 atom stereocenters. The zero-order valence-corrected chi connectivity index (χ0v) is 9.35. The number of rotatable bonds is 3. The van der Waals surface area contributed by atoms with Crippen molar-refractivity contribution in [2.45, 2.75) is 26.6 Å². The summed E-state index contributed by atoms with van der Waals surface area (Å²) in [4.78, 5) is 4.15. The predicted molar refractivity (Wildman–Crippen MR) is 52.6 cm³/mol. The fraction of sp³-hybridized carbons (Fsp3) is 0.667. The van der Waals surface area contributed by atoms with Gasteiger partial charge in [0.2, 0.25) is 0 Å². The molecule has 11 heavy (non-hydrogen) atoms. The van der Waals surface area contributed by atoms with Crippen LogP contribution in [0, 0.1) is 3.01 Å². The summed E-state index contributed by atoms with van der Waals surface area (Å²) in [7, 11) is 0. The second-order valence-corrected chi connectivity index (χ2v) is 4.83. The molecule has 0 aliphatic heterocycles. The van der Waals surface area contributed by atoms with E-state index in [-0.39, 0.29) is 6.10 Å². The van der Waals surface area contributed by atoms with Gasteiger partial charge in [-0.2, -0.15) is 4.37 Å². The molecule has 0 fully saturated rings. The summed E-state index contributed by atoms with van der Waals surface area (Å²) in [6, 6.07) is 0. The Morgan fingerprint density at radius 1 is 1.64 bits per heavy atom. The molecule has 3 nitrogen and oxygen atoms in total. The number of hydrogen-bond acceptors (Lipinski definition) is 4. The third-order valence-electron chi connectivity index (χ3n) is 0.989. The van der Waals surface area contributed by atoms with E-state index in [1.807, 2.05) is 13.8 Å². The molecule has 0 N–H and O–H groups in total. The standard InChI is InChI=1S/C6H9IN2OS/c1-4(2)10-3-5-8-6(7)11-9-5/h4H,3H2,1-2H3. The van der Waals surface area contributed by atoms with Crippen LogP contribution in [-0.2, 0) is 11.3 Å². The topological polar surface area (TPSA) is 35.0 Å². The van der Waals surface area contributed by atoms with Gasteiger partial charge in [-0.05, 0) is 48.0 Å². The first kappa shape index (κ1) is 9.34.